The Morgan fingerprint density at radius 3 is 1.27 bits per heavy atom. The molecule has 12 rings (SSSR count). The molecule has 0 atom stereocenters. The normalized spacial score (nSPS) is 13.1. The zero-order valence-electron chi connectivity index (χ0n) is 32.8. The first-order chi connectivity index (χ1) is 29.0. The standard InChI is InChI=1S/C55H38N4/c1-55(2)46-32-52-44(40-22-12-14-24-50(40)58(52)38-20-10-5-11-21-38)30-42(46)43-31-45-41-23-13-15-25-51(41)59(53(45)33-47(43)55)39-28-26-37(27-29-39)54-56-48(35-16-6-3-7-17-35)34-49(57-54)36-18-8-4-9-19-36/h3-34H,1-2H3. The fraction of sp³-hybridized carbons (Fsp3) is 0.0545. The molecule has 11 aromatic rings. The zero-order valence-corrected chi connectivity index (χ0v) is 32.8. The van der Waals surface area contributed by atoms with Crippen LogP contribution in [0.3, 0.4) is 0 Å². The molecule has 3 aromatic heterocycles. The van der Waals surface area contributed by atoms with Crippen LogP contribution in [0.4, 0.5) is 0 Å². The number of fused-ring (bicyclic) bond motifs is 9. The second-order valence-electron chi connectivity index (χ2n) is 16.2. The van der Waals surface area contributed by atoms with Crippen molar-refractivity contribution in [1.29, 1.82) is 0 Å². The molecule has 1 aliphatic rings. The molecule has 0 bridgehead atoms. The molecular weight excluding hydrogens is 717 g/mol. The van der Waals surface area contributed by atoms with Gasteiger partial charge in [-0.1, -0.05) is 129 Å². The van der Waals surface area contributed by atoms with Crippen LogP contribution in [0.25, 0.3) is 100 Å². The Hall–Kier alpha value is -7.56. The molecule has 0 saturated carbocycles. The van der Waals surface area contributed by atoms with Gasteiger partial charge in [-0.05, 0) is 101 Å². The minimum atomic E-state index is -0.215. The van der Waals surface area contributed by atoms with Gasteiger partial charge in [0.1, 0.15) is 0 Å². The number of benzene rings is 8. The smallest absolute Gasteiger partial charge is 0.160 e. The van der Waals surface area contributed by atoms with E-state index < -0.39 is 0 Å². The fourth-order valence-electron chi connectivity index (χ4n) is 9.64. The number of hydrogen-bond donors (Lipinski definition) is 0. The summed E-state index contributed by atoms with van der Waals surface area (Å²) in [6.07, 6.45) is 0. The van der Waals surface area contributed by atoms with E-state index in [1.807, 2.05) is 12.1 Å². The first kappa shape index (κ1) is 33.6. The Kier molecular flexibility index (Phi) is 7.24. The highest BCUT2D eigenvalue weighted by atomic mass is 15.0. The lowest BCUT2D eigenvalue weighted by Gasteiger charge is -2.22. The van der Waals surface area contributed by atoms with Gasteiger partial charge in [-0.3, -0.25) is 0 Å². The van der Waals surface area contributed by atoms with Crippen LogP contribution < -0.4 is 0 Å². The summed E-state index contributed by atoms with van der Waals surface area (Å²) in [5.74, 6) is 0.705. The number of aromatic nitrogens is 4. The molecule has 278 valence electrons. The number of nitrogens with zero attached hydrogens (tertiary/aromatic N) is 4. The predicted molar refractivity (Wildman–Crippen MR) is 245 cm³/mol. The van der Waals surface area contributed by atoms with Crippen molar-refractivity contribution in [2.75, 3.05) is 0 Å². The molecule has 0 saturated heterocycles. The van der Waals surface area contributed by atoms with Crippen molar-refractivity contribution in [2.45, 2.75) is 19.3 Å². The fourth-order valence-corrected chi connectivity index (χ4v) is 9.64. The molecule has 4 nitrogen and oxygen atoms in total. The Morgan fingerprint density at radius 1 is 0.356 bits per heavy atom. The Bertz CT molecular complexity index is 3370. The van der Waals surface area contributed by atoms with Crippen LogP contribution in [-0.4, -0.2) is 19.1 Å². The van der Waals surface area contributed by atoms with Crippen molar-refractivity contribution in [2.24, 2.45) is 0 Å². The van der Waals surface area contributed by atoms with Crippen LogP contribution in [0.2, 0.25) is 0 Å². The van der Waals surface area contributed by atoms with Gasteiger partial charge in [0, 0.05) is 55.0 Å². The van der Waals surface area contributed by atoms with Crippen molar-refractivity contribution in [1.82, 2.24) is 19.1 Å². The second-order valence-corrected chi connectivity index (χ2v) is 16.2. The van der Waals surface area contributed by atoms with Gasteiger partial charge in [-0.2, -0.15) is 0 Å². The summed E-state index contributed by atoms with van der Waals surface area (Å²) in [5.41, 5.74) is 17.2. The Labute approximate surface area is 342 Å². The summed E-state index contributed by atoms with van der Waals surface area (Å²) in [6, 6.07) is 69.8. The van der Waals surface area contributed by atoms with Crippen LogP contribution in [0.5, 0.6) is 0 Å². The van der Waals surface area contributed by atoms with Crippen LogP contribution >= 0.6 is 0 Å². The van der Waals surface area contributed by atoms with E-state index in [0.29, 0.717) is 5.82 Å². The maximum absolute atomic E-state index is 5.10. The van der Waals surface area contributed by atoms with Gasteiger partial charge in [0.05, 0.1) is 33.5 Å². The molecule has 0 N–H and O–H groups in total. The molecule has 1 aliphatic carbocycles. The van der Waals surface area contributed by atoms with Gasteiger partial charge in [-0.15, -0.1) is 0 Å². The lowest BCUT2D eigenvalue weighted by atomic mass is 9.82. The third kappa shape index (κ3) is 5.09. The second kappa shape index (κ2) is 12.7. The Morgan fingerprint density at radius 2 is 0.780 bits per heavy atom. The molecule has 0 unspecified atom stereocenters. The van der Waals surface area contributed by atoms with E-state index in [1.165, 1.54) is 71.6 Å². The van der Waals surface area contributed by atoms with Crippen LogP contribution in [0.15, 0.2) is 194 Å². The predicted octanol–water partition coefficient (Wildman–Crippen LogP) is 14.0. The maximum atomic E-state index is 5.10. The highest BCUT2D eigenvalue weighted by molar-refractivity contribution is 6.14. The van der Waals surface area contributed by atoms with Crippen molar-refractivity contribution in [3.05, 3.63) is 205 Å². The number of para-hydroxylation sites is 3. The highest BCUT2D eigenvalue weighted by Crippen LogP contribution is 2.53. The molecule has 0 fully saturated rings. The summed E-state index contributed by atoms with van der Waals surface area (Å²) in [5, 5.41) is 5.05. The van der Waals surface area contributed by atoms with Gasteiger partial charge in [-0.25, -0.2) is 9.97 Å². The van der Waals surface area contributed by atoms with Crippen molar-refractivity contribution in [3.8, 4) is 56.4 Å². The lowest BCUT2D eigenvalue weighted by molar-refractivity contribution is 0.661. The van der Waals surface area contributed by atoms with Crippen LogP contribution in [0, 0.1) is 0 Å². The van der Waals surface area contributed by atoms with Gasteiger partial charge >= 0.3 is 0 Å². The lowest BCUT2D eigenvalue weighted by Crippen LogP contribution is -2.15. The minimum absolute atomic E-state index is 0.215. The van der Waals surface area contributed by atoms with Gasteiger partial charge in [0.2, 0.25) is 0 Å². The Balaban J connectivity index is 1.02. The van der Waals surface area contributed by atoms with E-state index in [-0.39, 0.29) is 5.41 Å². The average Bonchev–Trinajstić information content (AvgIpc) is 3.88. The molecule has 59 heavy (non-hydrogen) atoms. The van der Waals surface area contributed by atoms with E-state index >= 15 is 0 Å². The summed E-state index contributed by atoms with van der Waals surface area (Å²) in [7, 11) is 0. The SMILES string of the molecule is CC1(C)c2cc3c(cc2-c2cc4c5ccccc5n(-c5ccc(-c6nc(-c7ccccc7)cc(-c7ccccc7)n6)cc5)c4cc21)c1ccccc1n3-c1ccccc1. The van der Waals surface area contributed by atoms with E-state index in [2.05, 4.69) is 205 Å². The first-order valence-electron chi connectivity index (χ1n) is 20.3. The number of rotatable bonds is 5. The van der Waals surface area contributed by atoms with E-state index in [1.54, 1.807) is 0 Å². The highest BCUT2D eigenvalue weighted by Gasteiger charge is 2.37. The molecule has 0 radical (unpaired) electrons. The van der Waals surface area contributed by atoms with Gasteiger partial charge in [0.15, 0.2) is 5.82 Å². The minimum Gasteiger partial charge on any atom is -0.309 e. The molecule has 8 aromatic carbocycles. The van der Waals surface area contributed by atoms with Crippen molar-refractivity contribution < 1.29 is 0 Å². The van der Waals surface area contributed by atoms with E-state index in [4.69, 9.17) is 9.97 Å². The monoisotopic (exact) mass is 754 g/mol. The molecular formula is C55H38N4. The maximum Gasteiger partial charge on any atom is 0.160 e. The molecule has 4 heteroatoms. The van der Waals surface area contributed by atoms with Crippen LogP contribution in [-0.2, 0) is 5.41 Å². The molecule has 3 heterocycles. The quantitative estimate of drug-likeness (QED) is 0.175. The first-order valence-corrected chi connectivity index (χ1v) is 20.3. The van der Waals surface area contributed by atoms with Gasteiger partial charge in [0.25, 0.3) is 0 Å². The largest absolute Gasteiger partial charge is 0.309 e. The van der Waals surface area contributed by atoms with E-state index in [9.17, 15) is 0 Å². The van der Waals surface area contributed by atoms with E-state index in [0.717, 1.165) is 33.8 Å². The van der Waals surface area contributed by atoms with Crippen molar-refractivity contribution in [3.63, 3.8) is 0 Å². The summed E-state index contributed by atoms with van der Waals surface area (Å²) < 4.78 is 4.86. The summed E-state index contributed by atoms with van der Waals surface area (Å²) in [6.45, 7) is 4.78. The van der Waals surface area contributed by atoms with Crippen LogP contribution in [0.1, 0.15) is 25.0 Å². The molecule has 0 aliphatic heterocycles. The third-order valence-corrected chi connectivity index (χ3v) is 12.5. The zero-order chi connectivity index (χ0) is 39.2. The van der Waals surface area contributed by atoms with Gasteiger partial charge < -0.3 is 9.13 Å². The summed E-state index contributed by atoms with van der Waals surface area (Å²) >= 11 is 0. The topological polar surface area (TPSA) is 35.6 Å². The summed E-state index contributed by atoms with van der Waals surface area (Å²) in [4.78, 5) is 10.2. The average molecular weight is 755 g/mol. The third-order valence-electron chi connectivity index (χ3n) is 12.5. The van der Waals surface area contributed by atoms with Crippen molar-refractivity contribution >= 4 is 43.6 Å². The molecule has 0 spiro atoms. The molecule has 0 amide bonds. The number of hydrogen-bond acceptors (Lipinski definition) is 2.